The summed E-state index contributed by atoms with van der Waals surface area (Å²) in [5.41, 5.74) is 0.803. The quantitative estimate of drug-likeness (QED) is 0.895. The molecular formula is C20H30N2O. The van der Waals surface area contributed by atoms with Crippen molar-refractivity contribution in [3.8, 4) is 0 Å². The standard InChI is InChI=1S/C20H30N2O/c1-17(2)21-19(23)20(3)14-8-5-9-15-22(20)16-10-13-18-11-6-4-7-12-18/h4,6-7,10-13,17H,5,8-9,14-16H2,1-3H3,(H,21,23)/b13-10+. The highest BCUT2D eigenvalue weighted by Gasteiger charge is 2.39. The minimum absolute atomic E-state index is 0.169. The van der Waals surface area contributed by atoms with E-state index in [0.717, 1.165) is 25.9 Å². The highest BCUT2D eigenvalue weighted by molar-refractivity contribution is 5.86. The molecule has 0 aliphatic carbocycles. The van der Waals surface area contributed by atoms with E-state index < -0.39 is 5.54 Å². The molecule has 1 aliphatic heterocycles. The Bertz CT molecular complexity index is 524. The molecular weight excluding hydrogens is 284 g/mol. The van der Waals surface area contributed by atoms with E-state index in [1.165, 1.54) is 18.4 Å². The Kier molecular flexibility index (Phi) is 6.40. The van der Waals surface area contributed by atoms with Crippen molar-refractivity contribution < 1.29 is 4.79 Å². The molecule has 1 unspecified atom stereocenters. The van der Waals surface area contributed by atoms with E-state index in [4.69, 9.17) is 0 Å². The highest BCUT2D eigenvalue weighted by Crippen LogP contribution is 2.27. The third-order valence-electron chi connectivity index (χ3n) is 4.63. The Labute approximate surface area is 140 Å². The molecule has 0 saturated carbocycles. The van der Waals surface area contributed by atoms with Crippen LogP contribution < -0.4 is 5.32 Å². The lowest BCUT2D eigenvalue weighted by Gasteiger charge is -2.38. The van der Waals surface area contributed by atoms with Crippen LogP contribution in [0, 0.1) is 0 Å². The molecule has 0 bridgehead atoms. The molecule has 126 valence electrons. The number of nitrogens with zero attached hydrogens (tertiary/aromatic N) is 1. The average Bonchev–Trinajstić information content (AvgIpc) is 2.71. The third-order valence-corrected chi connectivity index (χ3v) is 4.63. The summed E-state index contributed by atoms with van der Waals surface area (Å²) in [5.74, 6) is 0.169. The molecule has 1 heterocycles. The zero-order valence-corrected chi connectivity index (χ0v) is 14.7. The fourth-order valence-electron chi connectivity index (χ4n) is 3.20. The van der Waals surface area contributed by atoms with Gasteiger partial charge in [0.15, 0.2) is 0 Å². The van der Waals surface area contributed by atoms with Gasteiger partial charge in [0, 0.05) is 12.6 Å². The van der Waals surface area contributed by atoms with Crippen LogP contribution in [0.3, 0.4) is 0 Å². The van der Waals surface area contributed by atoms with Crippen LogP contribution in [0.25, 0.3) is 6.08 Å². The molecule has 1 aromatic rings. The summed E-state index contributed by atoms with van der Waals surface area (Å²) in [7, 11) is 0. The van der Waals surface area contributed by atoms with Crippen molar-refractivity contribution in [1.82, 2.24) is 10.2 Å². The maximum absolute atomic E-state index is 12.7. The molecule has 23 heavy (non-hydrogen) atoms. The smallest absolute Gasteiger partial charge is 0.240 e. The lowest BCUT2D eigenvalue weighted by atomic mass is 9.92. The molecule has 1 fully saturated rings. The molecule has 1 atom stereocenters. The number of hydrogen-bond donors (Lipinski definition) is 1. The van der Waals surface area contributed by atoms with Crippen molar-refractivity contribution in [3.63, 3.8) is 0 Å². The predicted octanol–water partition coefficient (Wildman–Crippen LogP) is 3.86. The topological polar surface area (TPSA) is 32.3 Å². The minimum atomic E-state index is -0.401. The molecule has 2 rings (SSSR count). The molecule has 1 saturated heterocycles. The summed E-state index contributed by atoms with van der Waals surface area (Å²) in [4.78, 5) is 15.1. The van der Waals surface area contributed by atoms with Gasteiger partial charge in [-0.15, -0.1) is 0 Å². The van der Waals surface area contributed by atoms with Crippen LogP contribution in [0.5, 0.6) is 0 Å². The van der Waals surface area contributed by atoms with Gasteiger partial charge in [-0.3, -0.25) is 9.69 Å². The number of carbonyl (C=O) groups is 1. The largest absolute Gasteiger partial charge is 0.352 e. The van der Waals surface area contributed by atoms with Gasteiger partial charge in [0.2, 0.25) is 5.91 Å². The fraction of sp³-hybridized carbons (Fsp3) is 0.550. The Morgan fingerprint density at radius 3 is 2.70 bits per heavy atom. The number of nitrogens with one attached hydrogen (secondary N) is 1. The minimum Gasteiger partial charge on any atom is -0.352 e. The third kappa shape index (κ3) is 4.93. The lowest BCUT2D eigenvalue weighted by Crippen LogP contribution is -2.57. The maximum atomic E-state index is 12.7. The summed E-state index contributed by atoms with van der Waals surface area (Å²) in [5, 5.41) is 3.11. The summed E-state index contributed by atoms with van der Waals surface area (Å²) >= 11 is 0. The number of rotatable bonds is 5. The number of likely N-dealkylation sites (tertiary alicyclic amines) is 1. The Morgan fingerprint density at radius 1 is 1.26 bits per heavy atom. The van der Waals surface area contributed by atoms with Crippen LogP contribution in [0.4, 0.5) is 0 Å². The van der Waals surface area contributed by atoms with Gasteiger partial charge in [0.25, 0.3) is 0 Å². The van der Waals surface area contributed by atoms with Gasteiger partial charge in [0.1, 0.15) is 0 Å². The van der Waals surface area contributed by atoms with Gasteiger partial charge in [0.05, 0.1) is 5.54 Å². The molecule has 1 aromatic carbocycles. The number of carbonyl (C=O) groups excluding carboxylic acids is 1. The second-order valence-corrected chi connectivity index (χ2v) is 6.97. The van der Waals surface area contributed by atoms with E-state index in [-0.39, 0.29) is 11.9 Å². The average molecular weight is 314 g/mol. The molecule has 3 nitrogen and oxygen atoms in total. The molecule has 0 aromatic heterocycles. The van der Waals surface area contributed by atoms with Crippen LogP contribution >= 0.6 is 0 Å². The predicted molar refractivity (Wildman–Crippen MR) is 97.2 cm³/mol. The van der Waals surface area contributed by atoms with Crippen LogP contribution in [0.15, 0.2) is 36.4 Å². The maximum Gasteiger partial charge on any atom is 0.240 e. The number of amides is 1. The second-order valence-electron chi connectivity index (χ2n) is 6.97. The summed E-state index contributed by atoms with van der Waals surface area (Å²) in [6, 6.07) is 10.5. The monoisotopic (exact) mass is 314 g/mol. The fourth-order valence-corrected chi connectivity index (χ4v) is 3.20. The molecule has 1 aliphatic rings. The lowest BCUT2D eigenvalue weighted by molar-refractivity contribution is -0.133. The number of hydrogen-bond acceptors (Lipinski definition) is 2. The van der Waals surface area contributed by atoms with Crippen molar-refractivity contribution in [3.05, 3.63) is 42.0 Å². The first-order valence-corrected chi connectivity index (χ1v) is 8.80. The molecule has 0 spiro atoms. The number of benzene rings is 1. The second kappa shape index (κ2) is 8.30. The first-order valence-electron chi connectivity index (χ1n) is 8.80. The first kappa shape index (κ1) is 17.7. The Balaban J connectivity index is 2.08. The van der Waals surface area contributed by atoms with E-state index in [1.807, 2.05) is 32.0 Å². The van der Waals surface area contributed by atoms with Crippen LogP contribution in [-0.2, 0) is 4.79 Å². The van der Waals surface area contributed by atoms with Crippen molar-refractivity contribution in [2.24, 2.45) is 0 Å². The van der Waals surface area contributed by atoms with Crippen molar-refractivity contribution >= 4 is 12.0 Å². The highest BCUT2D eigenvalue weighted by atomic mass is 16.2. The van der Waals surface area contributed by atoms with Gasteiger partial charge < -0.3 is 5.32 Å². The van der Waals surface area contributed by atoms with Crippen LogP contribution in [0.2, 0.25) is 0 Å². The van der Waals surface area contributed by atoms with Gasteiger partial charge in [-0.05, 0) is 45.7 Å². The molecule has 1 N–H and O–H groups in total. The van der Waals surface area contributed by atoms with E-state index in [9.17, 15) is 4.79 Å². The summed E-state index contributed by atoms with van der Waals surface area (Å²) < 4.78 is 0. The van der Waals surface area contributed by atoms with Crippen molar-refractivity contribution in [2.75, 3.05) is 13.1 Å². The first-order chi connectivity index (χ1) is 11.0. The van der Waals surface area contributed by atoms with Gasteiger partial charge in [-0.2, -0.15) is 0 Å². The van der Waals surface area contributed by atoms with Crippen LogP contribution in [-0.4, -0.2) is 35.5 Å². The molecule has 3 heteroatoms. The summed E-state index contributed by atoms with van der Waals surface area (Å²) in [6.07, 6.45) is 8.77. The van der Waals surface area contributed by atoms with Crippen molar-refractivity contribution in [2.45, 2.75) is 58.0 Å². The summed E-state index contributed by atoms with van der Waals surface area (Å²) in [6.45, 7) is 7.96. The SMILES string of the molecule is CC(C)NC(=O)C1(C)CCCCCN1C/C=C/c1ccccc1. The van der Waals surface area contributed by atoms with Gasteiger partial charge >= 0.3 is 0 Å². The van der Waals surface area contributed by atoms with E-state index >= 15 is 0 Å². The molecule has 0 radical (unpaired) electrons. The van der Waals surface area contributed by atoms with E-state index in [2.05, 4.69) is 41.4 Å². The van der Waals surface area contributed by atoms with Crippen LogP contribution in [0.1, 0.15) is 52.0 Å². The Hall–Kier alpha value is -1.61. The van der Waals surface area contributed by atoms with Gasteiger partial charge in [-0.25, -0.2) is 0 Å². The molecule has 1 amide bonds. The zero-order chi connectivity index (χ0) is 16.7. The van der Waals surface area contributed by atoms with Gasteiger partial charge in [-0.1, -0.05) is 55.3 Å². The van der Waals surface area contributed by atoms with E-state index in [1.54, 1.807) is 0 Å². The zero-order valence-electron chi connectivity index (χ0n) is 14.7. The van der Waals surface area contributed by atoms with Crippen molar-refractivity contribution in [1.29, 1.82) is 0 Å². The Morgan fingerprint density at radius 2 is 2.00 bits per heavy atom. The van der Waals surface area contributed by atoms with E-state index in [0.29, 0.717) is 0 Å². The normalized spacial score (nSPS) is 23.1.